The van der Waals surface area contributed by atoms with E-state index in [0.717, 1.165) is 35.9 Å². The molecule has 2 aliphatic rings. The molecule has 4 nitrogen and oxygen atoms in total. The molecule has 2 unspecified atom stereocenters. The van der Waals surface area contributed by atoms with Crippen LogP contribution in [0.15, 0.2) is 22.7 Å². The minimum absolute atomic E-state index is 0.198. The van der Waals surface area contributed by atoms with Crippen molar-refractivity contribution in [2.45, 2.75) is 68.8 Å². The number of ether oxygens (including phenoxy) is 2. The topological polar surface area (TPSA) is 47.6 Å². The molecule has 1 aromatic rings. The molecule has 1 aliphatic heterocycles. The number of hydrogen-bond donors (Lipinski definition) is 1. The van der Waals surface area contributed by atoms with Crippen molar-refractivity contribution in [2.75, 3.05) is 13.7 Å². The van der Waals surface area contributed by atoms with Crippen molar-refractivity contribution in [1.82, 2.24) is 4.72 Å². The number of rotatable bonds is 4. The standard InChI is InChI=1S/C19H28BrNO3S/c1-18(2,3)25(22)21-12-16-15-11-13(20)5-6-17(15)24-19(16)9-7-14(23-4)8-10-19/h5-6,11,14,16,21H,7-10,12H2,1-4H3. The highest BCUT2D eigenvalue weighted by molar-refractivity contribution is 9.10. The first-order valence-electron chi connectivity index (χ1n) is 8.92. The third-order valence-corrected chi connectivity index (χ3v) is 7.42. The minimum atomic E-state index is -1.09. The van der Waals surface area contributed by atoms with Crippen LogP contribution >= 0.6 is 15.9 Å². The molecule has 2 atom stereocenters. The lowest BCUT2D eigenvalue weighted by atomic mass is 9.73. The quantitative estimate of drug-likeness (QED) is 0.775. The number of hydrogen-bond acceptors (Lipinski definition) is 3. The van der Waals surface area contributed by atoms with Crippen LogP contribution in [0.4, 0.5) is 0 Å². The van der Waals surface area contributed by atoms with Crippen LogP contribution in [0.3, 0.4) is 0 Å². The summed E-state index contributed by atoms with van der Waals surface area (Å²) in [7, 11) is 0.700. The zero-order chi connectivity index (χ0) is 18.2. The van der Waals surface area contributed by atoms with Crippen molar-refractivity contribution in [1.29, 1.82) is 0 Å². The molecule has 0 bridgehead atoms. The van der Waals surface area contributed by atoms with E-state index >= 15 is 0 Å². The first-order valence-corrected chi connectivity index (χ1v) is 10.9. The number of fused-ring (bicyclic) bond motifs is 1. The summed E-state index contributed by atoms with van der Waals surface area (Å²) in [6, 6.07) is 6.22. The monoisotopic (exact) mass is 429 g/mol. The van der Waals surface area contributed by atoms with Gasteiger partial charge in [0.1, 0.15) is 11.4 Å². The maximum absolute atomic E-state index is 12.5. The summed E-state index contributed by atoms with van der Waals surface area (Å²) in [5.41, 5.74) is 0.997. The van der Waals surface area contributed by atoms with Crippen LogP contribution in [0.1, 0.15) is 57.9 Å². The second-order valence-corrected chi connectivity index (χ2v) is 11.0. The Hall–Kier alpha value is -0.430. The summed E-state index contributed by atoms with van der Waals surface area (Å²) in [6.45, 7) is 6.63. The van der Waals surface area contributed by atoms with E-state index in [9.17, 15) is 4.21 Å². The Labute approximate surface area is 161 Å². The van der Waals surface area contributed by atoms with Gasteiger partial charge in [-0.2, -0.15) is 0 Å². The molecule has 0 saturated heterocycles. The third-order valence-electron chi connectivity index (χ3n) is 5.38. The lowest BCUT2D eigenvalue weighted by Gasteiger charge is -2.40. The van der Waals surface area contributed by atoms with Crippen LogP contribution in [-0.2, 0) is 15.7 Å². The molecule has 6 heteroatoms. The Morgan fingerprint density at radius 2 is 2.04 bits per heavy atom. The molecule has 3 rings (SSSR count). The smallest absolute Gasteiger partial charge is 0.123 e. The Balaban J connectivity index is 1.84. The van der Waals surface area contributed by atoms with Gasteiger partial charge in [-0.1, -0.05) is 15.9 Å². The molecule has 1 fully saturated rings. The first-order chi connectivity index (χ1) is 11.7. The van der Waals surface area contributed by atoms with Crippen molar-refractivity contribution >= 4 is 26.9 Å². The van der Waals surface area contributed by atoms with E-state index in [4.69, 9.17) is 9.47 Å². The van der Waals surface area contributed by atoms with Crippen molar-refractivity contribution in [3.8, 4) is 5.75 Å². The summed E-state index contributed by atoms with van der Waals surface area (Å²) < 4.78 is 28.6. The zero-order valence-electron chi connectivity index (χ0n) is 15.4. The van der Waals surface area contributed by atoms with Gasteiger partial charge < -0.3 is 9.47 Å². The fourth-order valence-corrected chi connectivity index (χ4v) is 5.03. The van der Waals surface area contributed by atoms with Crippen LogP contribution in [0.2, 0.25) is 0 Å². The van der Waals surface area contributed by atoms with E-state index in [2.05, 4.69) is 26.7 Å². The average Bonchev–Trinajstić information content (AvgIpc) is 2.85. The first kappa shape index (κ1) is 19.3. The molecule has 1 saturated carbocycles. The molecule has 1 aromatic carbocycles. The third kappa shape index (κ3) is 3.97. The van der Waals surface area contributed by atoms with Crippen LogP contribution in [-0.4, -0.2) is 34.3 Å². The van der Waals surface area contributed by atoms with Crippen LogP contribution in [0, 0.1) is 0 Å². The van der Waals surface area contributed by atoms with Gasteiger partial charge in [0.2, 0.25) is 0 Å². The van der Waals surface area contributed by atoms with Gasteiger partial charge in [-0.15, -0.1) is 0 Å². The van der Waals surface area contributed by atoms with E-state index in [1.807, 2.05) is 32.9 Å². The molecule has 1 N–H and O–H groups in total. The molecule has 140 valence electrons. The van der Waals surface area contributed by atoms with Gasteiger partial charge in [0, 0.05) is 29.6 Å². The van der Waals surface area contributed by atoms with E-state index in [0.29, 0.717) is 12.6 Å². The van der Waals surface area contributed by atoms with Crippen molar-refractivity contribution in [2.24, 2.45) is 0 Å². The van der Waals surface area contributed by atoms with Gasteiger partial charge in [-0.05, 0) is 64.7 Å². The SMILES string of the molecule is COC1CCC2(CC1)Oc1ccc(Br)cc1C2CNS(=O)C(C)(C)C. The van der Waals surface area contributed by atoms with E-state index in [1.165, 1.54) is 5.56 Å². The highest BCUT2D eigenvalue weighted by Gasteiger charge is 2.50. The van der Waals surface area contributed by atoms with Gasteiger partial charge in [0.25, 0.3) is 0 Å². The van der Waals surface area contributed by atoms with Gasteiger partial charge in [0.05, 0.1) is 21.8 Å². The summed E-state index contributed by atoms with van der Waals surface area (Å²) in [5, 5.41) is 0. The molecule has 1 heterocycles. The second-order valence-electron chi connectivity index (χ2n) is 8.07. The predicted octanol–water partition coefficient (Wildman–Crippen LogP) is 4.30. The van der Waals surface area contributed by atoms with Crippen molar-refractivity contribution in [3.63, 3.8) is 0 Å². The number of nitrogens with one attached hydrogen (secondary N) is 1. The van der Waals surface area contributed by atoms with Gasteiger partial charge in [-0.3, -0.25) is 0 Å². The predicted molar refractivity (Wildman–Crippen MR) is 105 cm³/mol. The second kappa shape index (κ2) is 7.29. The molecular weight excluding hydrogens is 402 g/mol. The largest absolute Gasteiger partial charge is 0.486 e. The lowest BCUT2D eigenvalue weighted by molar-refractivity contribution is -0.0267. The molecular formula is C19H28BrNO3S. The van der Waals surface area contributed by atoms with E-state index < -0.39 is 11.0 Å². The fraction of sp³-hybridized carbons (Fsp3) is 0.684. The summed E-state index contributed by atoms with van der Waals surface area (Å²) in [4.78, 5) is 0. The lowest BCUT2D eigenvalue weighted by Crippen LogP contribution is -2.47. The Morgan fingerprint density at radius 1 is 1.36 bits per heavy atom. The van der Waals surface area contributed by atoms with Crippen LogP contribution in [0.5, 0.6) is 5.75 Å². The summed E-state index contributed by atoms with van der Waals surface area (Å²) in [6.07, 6.45) is 4.26. The fourth-order valence-electron chi connectivity index (χ4n) is 3.90. The Bertz CT molecular complexity index is 651. The molecule has 1 aliphatic carbocycles. The van der Waals surface area contributed by atoms with Gasteiger partial charge >= 0.3 is 0 Å². The van der Waals surface area contributed by atoms with Crippen molar-refractivity contribution < 1.29 is 13.7 Å². The highest BCUT2D eigenvalue weighted by Crippen LogP contribution is 2.52. The Kier molecular flexibility index (Phi) is 5.64. The highest BCUT2D eigenvalue weighted by atomic mass is 79.9. The number of methoxy groups -OCH3 is 1. The molecule has 0 aromatic heterocycles. The minimum Gasteiger partial charge on any atom is -0.486 e. The van der Waals surface area contributed by atoms with Gasteiger partial charge in [0.15, 0.2) is 0 Å². The van der Waals surface area contributed by atoms with Gasteiger partial charge in [-0.25, -0.2) is 8.93 Å². The average molecular weight is 430 g/mol. The summed E-state index contributed by atoms with van der Waals surface area (Å²) in [5.74, 6) is 1.16. The van der Waals surface area contributed by atoms with Crippen LogP contribution in [0.25, 0.3) is 0 Å². The number of benzene rings is 1. The molecule has 1 spiro atoms. The summed E-state index contributed by atoms with van der Waals surface area (Å²) >= 11 is 3.58. The maximum Gasteiger partial charge on any atom is 0.123 e. The zero-order valence-corrected chi connectivity index (χ0v) is 17.8. The molecule has 0 amide bonds. The maximum atomic E-state index is 12.5. The normalized spacial score (nSPS) is 30.1. The van der Waals surface area contributed by atoms with E-state index in [-0.39, 0.29) is 16.3 Å². The van der Waals surface area contributed by atoms with E-state index in [1.54, 1.807) is 7.11 Å². The Morgan fingerprint density at radius 3 is 2.64 bits per heavy atom. The molecule has 25 heavy (non-hydrogen) atoms. The molecule has 0 radical (unpaired) electrons. The van der Waals surface area contributed by atoms with Crippen molar-refractivity contribution in [3.05, 3.63) is 28.2 Å². The number of halogens is 1. The van der Waals surface area contributed by atoms with Crippen LogP contribution < -0.4 is 9.46 Å².